The summed E-state index contributed by atoms with van der Waals surface area (Å²) < 4.78 is 13.4. The zero-order valence-electron chi connectivity index (χ0n) is 19.5. The first-order valence-electron chi connectivity index (χ1n) is 11.2. The maximum atomic E-state index is 13.4. The van der Waals surface area contributed by atoms with Crippen LogP contribution in [0.3, 0.4) is 0 Å². The molecular formula is C27H21BrN4O4. The predicted molar refractivity (Wildman–Crippen MR) is 141 cm³/mol. The molecule has 5 aromatic rings. The minimum absolute atomic E-state index is 0.111. The van der Waals surface area contributed by atoms with Crippen LogP contribution in [0, 0.1) is 0 Å². The number of para-hydroxylation sites is 4. The van der Waals surface area contributed by atoms with Crippen LogP contribution in [0.15, 0.2) is 77.3 Å². The highest BCUT2D eigenvalue weighted by molar-refractivity contribution is 9.10. The summed E-state index contributed by atoms with van der Waals surface area (Å²) in [6.45, 7) is 1.87. The van der Waals surface area contributed by atoms with Crippen molar-refractivity contribution in [3.63, 3.8) is 0 Å². The molecule has 1 N–H and O–H groups in total. The van der Waals surface area contributed by atoms with E-state index < -0.39 is 11.9 Å². The Morgan fingerprint density at radius 2 is 1.69 bits per heavy atom. The molecule has 9 heteroatoms. The Kier molecular flexibility index (Phi) is 6.39. The Morgan fingerprint density at radius 1 is 0.972 bits per heavy atom. The molecule has 0 radical (unpaired) electrons. The van der Waals surface area contributed by atoms with Crippen LogP contribution in [0.1, 0.15) is 27.6 Å². The van der Waals surface area contributed by atoms with E-state index >= 15 is 0 Å². The number of halogens is 1. The molecule has 36 heavy (non-hydrogen) atoms. The number of carbonyl (C=O) groups excluding carboxylic acids is 2. The second-order valence-electron chi connectivity index (χ2n) is 7.80. The third-order valence-electron chi connectivity index (χ3n) is 5.59. The van der Waals surface area contributed by atoms with E-state index in [0.717, 1.165) is 4.47 Å². The van der Waals surface area contributed by atoms with Crippen molar-refractivity contribution >= 4 is 55.8 Å². The Hall–Kier alpha value is -4.24. The topological polar surface area (TPSA) is 95.3 Å². The third kappa shape index (κ3) is 4.18. The van der Waals surface area contributed by atoms with E-state index in [4.69, 9.17) is 19.4 Å². The van der Waals surface area contributed by atoms with Crippen molar-refractivity contribution in [2.75, 3.05) is 19.0 Å². The van der Waals surface area contributed by atoms with E-state index in [-0.39, 0.29) is 18.0 Å². The number of anilines is 1. The molecule has 0 saturated carbocycles. The number of amides is 1. The summed E-state index contributed by atoms with van der Waals surface area (Å²) in [6.07, 6.45) is 0. The fourth-order valence-electron chi connectivity index (χ4n) is 4.02. The number of methoxy groups -OCH3 is 1. The molecular weight excluding hydrogens is 524 g/mol. The molecule has 1 amide bonds. The lowest BCUT2D eigenvalue weighted by Crippen LogP contribution is -2.18. The van der Waals surface area contributed by atoms with Gasteiger partial charge >= 0.3 is 5.97 Å². The molecule has 2 aromatic heterocycles. The monoisotopic (exact) mass is 544 g/mol. The molecule has 3 aromatic carbocycles. The van der Waals surface area contributed by atoms with Gasteiger partial charge in [-0.1, -0.05) is 46.3 Å². The Morgan fingerprint density at radius 3 is 2.42 bits per heavy atom. The van der Waals surface area contributed by atoms with Gasteiger partial charge in [0.1, 0.15) is 22.6 Å². The van der Waals surface area contributed by atoms with E-state index in [1.807, 2.05) is 48.5 Å². The van der Waals surface area contributed by atoms with E-state index in [1.54, 1.807) is 42.9 Å². The summed E-state index contributed by atoms with van der Waals surface area (Å²) in [5, 5.41) is 2.92. The zero-order valence-corrected chi connectivity index (χ0v) is 21.1. The zero-order chi connectivity index (χ0) is 25.2. The van der Waals surface area contributed by atoms with E-state index in [0.29, 0.717) is 39.2 Å². The maximum Gasteiger partial charge on any atom is 0.344 e. The average molecular weight is 545 g/mol. The van der Waals surface area contributed by atoms with Gasteiger partial charge in [0.05, 0.1) is 30.4 Å². The van der Waals surface area contributed by atoms with Crippen molar-refractivity contribution in [1.82, 2.24) is 14.5 Å². The van der Waals surface area contributed by atoms with Gasteiger partial charge in [-0.25, -0.2) is 14.8 Å². The Balaban J connectivity index is 1.85. The summed E-state index contributed by atoms with van der Waals surface area (Å²) in [5.74, 6) is -0.318. The van der Waals surface area contributed by atoms with Crippen molar-refractivity contribution in [2.45, 2.75) is 6.92 Å². The largest absolute Gasteiger partial charge is 0.495 e. The van der Waals surface area contributed by atoms with E-state index in [1.165, 1.54) is 0 Å². The summed E-state index contributed by atoms with van der Waals surface area (Å²) in [7, 11) is 1.55. The van der Waals surface area contributed by atoms with Crippen molar-refractivity contribution in [3.05, 3.63) is 88.4 Å². The molecule has 5 rings (SSSR count). The van der Waals surface area contributed by atoms with Gasteiger partial charge in [0, 0.05) is 10.0 Å². The van der Waals surface area contributed by atoms with Gasteiger partial charge < -0.3 is 14.8 Å². The quantitative estimate of drug-likeness (QED) is 0.272. The predicted octanol–water partition coefficient (Wildman–Crippen LogP) is 5.77. The molecule has 0 bridgehead atoms. The van der Waals surface area contributed by atoms with Crippen molar-refractivity contribution < 1.29 is 19.1 Å². The summed E-state index contributed by atoms with van der Waals surface area (Å²) in [5.41, 5.74) is 3.03. The number of ether oxygens (including phenoxy) is 2. The van der Waals surface area contributed by atoms with Crippen molar-refractivity contribution in [3.8, 4) is 11.4 Å². The molecule has 2 heterocycles. The van der Waals surface area contributed by atoms with Gasteiger partial charge in [-0.2, -0.15) is 0 Å². The molecule has 0 saturated heterocycles. The number of esters is 1. The first-order valence-corrected chi connectivity index (χ1v) is 12.0. The molecule has 180 valence electrons. The number of aromatic nitrogens is 3. The Labute approximate surface area is 215 Å². The van der Waals surface area contributed by atoms with Crippen LogP contribution >= 0.6 is 15.9 Å². The molecule has 0 aliphatic rings. The number of nitrogens with zero attached hydrogens (tertiary/aromatic N) is 3. The second-order valence-corrected chi connectivity index (χ2v) is 8.72. The van der Waals surface area contributed by atoms with Gasteiger partial charge in [-0.3, -0.25) is 9.36 Å². The lowest BCUT2D eigenvalue weighted by atomic mass is 10.2. The summed E-state index contributed by atoms with van der Waals surface area (Å²) in [4.78, 5) is 36.3. The molecule has 0 spiro atoms. The van der Waals surface area contributed by atoms with Gasteiger partial charge in [0.2, 0.25) is 0 Å². The fourth-order valence-corrected chi connectivity index (χ4v) is 4.42. The molecule has 0 aliphatic heterocycles. The number of hydrogen-bond acceptors (Lipinski definition) is 6. The van der Waals surface area contributed by atoms with E-state index in [2.05, 4.69) is 21.2 Å². The first kappa shape index (κ1) is 23.5. The van der Waals surface area contributed by atoms with Crippen LogP contribution in [0.5, 0.6) is 5.75 Å². The van der Waals surface area contributed by atoms with E-state index in [9.17, 15) is 9.59 Å². The smallest absolute Gasteiger partial charge is 0.344 e. The first-order chi connectivity index (χ1) is 17.5. The molecule has 0 atom stereocenters. The number of carbonyl (C=O) groups is 2. The van der Waals surface area contributed by atoms with Gasteiger partial charge in [0.25, 0.3) is 5.91 Å². The van der Waals surface area contributed by atoms with Crippen LogP contribution in [0.2, 0.25) is 0 Å². The van der Waals surface area contributed by atoms with Crippen LogP contribution in [-0.2, 0) is 4.74 Å². The standard InChI is InChI=1S/C27H21BrN4O4/c1-3-36-27(34)22-23-25(30-19-12-5-4-11-18(19)29-23)32(20-13-6-7-14-21(20)35-2)24(22)31-26(33)16-9-8-10-17(28)15-16/h4-15H,3H2,1-2H3,(H,31,33). The van der Waals surface area contributed by atoms with Gasteiger partial charge in [0.15, 0.2) is 5.65 Å². The molecule has 0 aliphatic carbocycles. The number of nitrogens with one attached hydrogen (secondary N) is 1. The number of benzene rings is 3. The molecule has 0 unspecified atom stereocenters. The van der Waals surface area contributed by atoms with Crippen LogP contribution < -0.4 is 10.1 Å². The lowest BCUT2D eigenvalue weighted by Gasteiger charge is -2.15. The van der Waals surface area contributed by atoms with Crippen LogP contribution in [-0.4, -0.2) is 40.1 Å². The number of hydrogen-bond donors (Lipinski definition) is 1. The molecule has 0 fully saturated rings. The highest BCUT2D eigenvalue weighted by Gasteiger charge is 2.30. The fraction of sp³-hybridized carbons (Fsp3) is 0.111. The Bertz CT molecular complexity index is 1630. The van der Waals surface area contributed by atoms with Crippen LogP contribution in [0.4, 0.5) is 5.82 Å². The summed E-state index contributed by atoms with van der Waals surface area (Å²) >= 11 is 3.40. The number of rotatable bonds is 6. The molecule has 8 nitrogen and oxygen atoms in total. The maximum absolute atomic E-state index is 13.4. The summed E-state index contributed by atoms with van der Waals surface area (Å²) in [6, 6.07) is 21.6. The van der Waals surface area contributed by atoms with Gasteiger partial charge in [-0.05, 0) is 49.4 Å². The number of fused-ring (bicyclic) bond motifs is 2. The van der Waals surface area contributed by atoms with Crippen molar-refractivity contribution in [1.29, 1.82) is 0 Å². The minimum atomic E-state index is -0.620. The lowest BCUT2D eigenvalue weighted by molar-refractivity contribution is 0.0529. The van der Waals surface area contributed by atoms with Gasteiger partial charge in [-0.15, -0.1) is 0 Å². The van der Waals surface area contributed by atoms with Crippen LogP contribution in [0.25, 0.3) is 27.9 Å². The van der Waals surface area contributed by atoms with Crippen molar-refractivity contribution in [2.24, 2.45) is 0 Å². The highest BCUT2D eigenvalue weighted by Crippen LogP contribution is 2.36. The third-order valence-corrected chi connectivity index (χ3v) is 6.08. The highest BCUT2D eigenvalue weighted by atomic mass is 79.9. The SMILES string of the molecule is CCOC(=O)c1c(NC(=O)c2cccc(Br)c2)n(-c2ccccc2OC)c2nc3ccccc3nc12. The minimum Gasteiger partial charge on any atom is -0.495 e. The normalized spacial score (nSPS) is 11.0. The second kappa shape index (κ2) is 9.79. The average Bonchev–Trinajstić information content (AvgIpc) is 3.19.